The summed E-state index contributed by atoms with van der Waals surface area (Å²) in [4.78, 5) is 16.8. The minimum atomic E-state index is -0.0809. The lowest BCUT2D eigenvalue weighted by molar-refractivity contribution is -0.135. The van der Waals surface area contributed by atoms with E-state index in [0.717, 1.165) is 56.7 Å². The molecule has 1 unspecified atom stereocenters. The maximum absolute atomic E-state index is 12.6. The lowest BCUT2D eigenvalue weighted by Crippen LogP contribution is -2.46. The van der Waals surface area contributed by atoms with Crippen LogP contribution in [0.15, 0.2) is 24.3 Å². The summed E-state index contributed by atoms with van der Waals surface area (Å²) < 4.78 is 0. The number of para-hydroxylation sites is 1. The predicted molar refractivity (Wildman–Crippen MR) is 86.8 cm³/mol. The Morgan fingerprint density at radius 1 is 1.33 bits per heavy atom. The van der Waals surface area contributed by atoms with Gasteiger partial charge in [-0.25, -0.2) is 0 Å². The van der Waals surface area contributed by atoms with Gasteiger partial charge in [-0.05, 0) is 44.4 Å². The minimum Gasteiger partial charge on any atom is -0.398 e. The third kappa shape index (κ3) is 3.97. The molecule has 1 fully saturated rings. The first-order chi connectivity index (χ1) is 10.1. The summed E-state index contributed by atoms with van der Waals surface area (Å²) in [6, 6.07) is 7.84. The van der Waals surface area contributed by atoms with E-state index < -0.39 is 0 Å². The molecule has 1 aliphatic rings. The zero-order chi connectivity index (χ0) is 15.2. The van der Waals surface area contributed by atoms with Gasteiger partial charge in [-0.3, -0.25) is 9.69 Å². The first kappa shape index (κ1) is 15.8. The largest absolute Gasteiger partial charge is 0.398 e. The average Bonchev–Trinajstić information content (AvgIpc) is 3.01. The Balaban J connectivity index is 2.06. The van der Waals surface area contributed by atoms with Crippen molar-refractivity contribution >= 4 is 11.6 Å². The molecule has 0 bridgehead atoms. The summed E-state index contributed by atoms with van der Waals surface area (Å²) in [7, 11) is 0. The molecule has 1 saturated heterocycles. The van der Waals surface area contributed by atoms with E-state index >= 15 is 0 Å². The molecule has 1 aromatic rings. The number of nitrogen functional groups attached to an aromatic ring is 1. The summed E-state index contributed by atoms with van der Waals surface area (Å²) in [5, 5.41) is 0. The van der Waals surface area contributed by atoms with E-state index in [1.54, 1.807) is 0 Å². The predicted octanol–water partition coefficient (Wildman–Crippen LogP) is 2.49. The number of rotatable bonds is 6. The summed E-state index contributed by atoms with van der Waals surface area (Å²) in [6.07, 6.45) is 3.31. The first-order valence-corrected chi connectivity index (χ1v) is 7.99. The topological polar surface area (TPSA) is 49.6 Å². The molecule has 2 N–H and O–H groups in total. The van der Waals surface area contributed by atoms with Crippen molar-refractivity contribution in [2.24, 2.45) is 0 Å². The summed E-state index contributed by atoms with van der Waals surface area (Å²) in [6.45, 7) is 7.65. The number of likely N-dealkylation sites (tertiary alicyclic amines) is 1. The highest BCUT2D eigenvalue weighted by Crippen LogP contribution is 2.18. The first-order valence-electron chi connectivity index (χ1n) is 7.99. The number of benzene rings is 1. The maximum Gasteiger partial charge on any atom is 0.239 e. The molecular formula is C17H27N3O. The second kappa shape index (κ2) is 7.46. The second-order valence-electron chi connectivity index (χ2n) is 5.88. The molecule has 0 aliphatic carbocycles. The number of anilines is 1. The zero-order valence-electron chi connectivity index (χ0n) is 13.2. The molecule has 4 heteroatoms. The van der Waals surface area contributed by atoms with Crippen LogP contribution < -0.4 is 5.73 Å². The molecule has 4 nitrogen and oxygen atoms in total. The van der Waals surface area contributed by atoms with Gasteiger partial charge < -0.3 is 10.6 Å². The average molecular weight is 289 g/mol. The molecule has 1 amide bonds. The van der Waals surface area contributed by atoms with Gasteiger partial charge in [0.05, 0.1) is 6.04 Å². The second-order valence-corrected chi connectivity index (χ2v) is 5.88. The highest BCUT2D eigenvalue weighted by molar-refractivity contribution is 5.81. The summed E-state index contributed by atoms with van der Waals surface area (Å²) >= 11 is 0. The minimum absolute atomic E-state index is 0.0809. The Bertz CT molecular complexity index is 469. The van der Waals surface area contributed by atoms with Crippen molar-refractivity contribution in [1.82, 2.24) is 9.80 Å². The highest BCUT2D eigenvalue weighted by atomic mass is 16.2. The van der Waals surface area contributed by atoms with Crippen molar-refractivity contribution in [3.63, 3.8) is 0 Å². The molecule has 21 heavy (non-hydrogen) atoms. The number of carbonyl (C=O) groups is 1. The highest BCUT2D eigenvalue weighted by Gasteiger charge is 2.27. The third-order valence-corrected chi connectivity index (χ3v) is 4.26. The van der Waals surface area contributed by atoms with Crippen molar-refractivity contribution in [1.29, 1.82) is 0 Å². The molecule has 1 heterocycles. The zero-order valence-corrected chi connectivity index (χ0v) is 13.2. The monoisotopic (exact) mass is 289 g/mol. The van der Waals surface area contributed by atoms with Crippen LogP contribution in [0.2, 0.25) is 0 Å². The Kier molecular flexibility index (Phi) is 5.62. The van der Waals surface area contributed by atoms with Crippen LogP contribution in [0.5, 0.6) is 0 Å². The molecule has 1 aliphatic heterocycles. The summed E-state index contributed by atoms with van der Waals surface area (Å²) in [5.41, 5.74) is 7.95. The number of nitrogens with two attached hydrogens (primary N) is 1. The fraction of sp³-hybridized carbons (Fsp3) is 0.588. The Morgan fingerprint density at radius 2 is 2.00 bits per heavy atom. The number of hydrogen-bond donors (Lipinski definition) is 1. The van der Waals surface area contributed by atoms with Crippen LogP contribution in [0, 0.1) is 0 Å². The van der Waals surface area contributed by atoms with Crippen LogP contribution >= 0.6 is 0 Å². The lowest BCUT2D eigenvalue weighted by Gasteiger charge is -2.31. The van der Waals surface area contributed by atoms with Gasteiger partial charge in [0, 0.05) is 25.3 Å². The van der Waals surface area contributed by atoms with Crippen LogP contribution in [0.25, 0.3) is 0 Å². The van der Waals surface area contributed by atoms with E-state index in [4.69, 9.17) is 5.73 Å². The SMILES string of the molecule is CCCN(Cc1ccccc1N)C(C)C(=O)N1CCCC1. The number of nitrogens with zero attached hydrogens (tertiary/aromatic N) is 2. The van der Waals surface area contributed by atoms with Crippen LogP contribution in [0.4, 0.5) is 5.69 Å². The van der Waals surface area contributed by atoms with E-state index in [0.29, 0.717) is 0 Å². The molecule has 0 aromatic heterocycles. The Hall–Kier alpha value is -1.55. The van der Waals surface area contributed by atoms with Crippen molar-refractivity contribution < 1.29 is 4.79 Å². The molecule has 0 saturated carbocycles. The maximum atomic E-state index is 12.6. The lowest BCUT2D eigenvalue weighted by atomic mass is 10.1. The van der Waals surface area contributed by atoms with Gasteiger partial charge in [0.15, 0.2) is 0 Å². The number of amides is 1. The molecular weight excluding hydrogens is 262 g/mol. The molecule has 0 radical (unpaired) electrons. The molecule has 116 valence electrons. The van der Waals surface area contributed by atoms with Gasteiger partial charge in [0.2, 0.25) is 5.91 Å². The smallest absolute Gasteiger partial charge is 0.239 e. The van der Waals surface area contributed by atoms with E-state index in [9.17, 15) is 4.79 Å². The van der Waals surface area contributed by atoms with E-state index in [1.807, 2.05) is 36.1 Å². The van der Waals surface area contributed by atoms with Gasteiger partial charge in [0.1, 0.15) is 0 Å². The van der Waals surface area contributed by atoms with E-state index in [1.165, 1.54) is 0 Å². The van der Waals surface area contributed by atoms with Gasteiger partial charge in [-0.2, -0.15) is 0 Å². The standard InChI is InChI=1S/C17H27N3O/c1-3-10-20(13-15-8-4-5-9-16(15)18)14(2)17(21)19-11-6-7-12-19/h4-5,8-9,14H,3,6-7,10-13,18H2,1-2H3. The Labute approximate surface area is 127 Å². The van der Waals surface area contributed by atoms with Crippen LogP contribution in [0.3, 0.4) is 0 Å². The number of carbonyl (C=O) groups excluding carboxylic acids is 1. The summed E-state index contributed by atoms with van der Waals surface area (Å²) in [5.74, 6) is 0.260. The third-order valence-electron chi connectivity index (χ3n) is 4.26. The van der Waals surface area contributed by atoms with Gasteiger partial charge >= 0.3 is 0 Å². The Morgan fingerprint density at radius 3 is 2.62 bits per heavy atom. The van der Waals surface area contributed by atoms with Crippen molar-refractivity contribution in [2.75, 3.05) is 25.4 Å². The fourth-order valence-corrected chi connectivity index (χ4v) is 2.95. The van der Waals surface area contributed by atoms with Crippen molar-refractivity contribution in [3.05, 3.63) is 29.8 Å². The normalized spacial score (nSPS) is 16.4. The van der Waals surface area contributed by atoms with Crippen LogP contribution in [0.1, 0.15) is 38.7 Å². The van der Waals surface area contributed by atoms with Gasteiger partial charge in [0.25, 0.3) is 0 Å². The van der Waals surface area contributed by atoms with Crippen molar-refractivity contribution in [3.8, 4) is 0 Å². The van der Waals surface area contributed by atoms with Crippen LogP contribution in [-0.4, -0.2) is 41.4 Å². The van der Waals surface area contributed by atoms with E-state index in [2.05, 4.69) is 11.8 Å². The van der Waals surface area contributed by atoms with Gasteiger partial charge in [-0.1, -0.05) is 25.1 Å². The quantitative estimate of drug-likeness (QED) is 0.819. The number of hydrogen-bond acceptors (Lipinski definition) is 3. The molecule has 1 aromatic carbocycles. The molecule has 2 rings (SSSR count). The van der Waals surface area contributed by atoms with E-state index in [-0.39, 0.29) is 11.9 Å². The molecule has 1 atom stereocenters. The van der Waals surface area contributed by atoms with Gasteiger partial charge in [-0.15, -0.1) is 0 Å². The van der Waals surface area contributed by atoms with Crippen LogP contribution in [-0.2, 0) is 11.3 Å². The molecule has 0 spiro atoms. The fourth-order valence-electron chi connectivity index (χ4n) is 2.95. The van der Waals surface area contributed by atoms with Crippen molar-refractivity contribution in [2.45, 2.75) is 45.7 Å².